The van der Waals surface area contributed by atoms with Crippen molar-refractivity contribution in [2.24, 2.45) is 0 Å². The van der Waals surface area contributed by atoms with Crippen LogP contribution in [0.3, 0.4) is 0 Å². The molecule has 0 fully saturated rings. The first-order valence-corrected chi connectivity index (χ1v) is 9.59. The van der Waals surface area contributed by atoms with Crippen molar-refractivity contribution >= 4 is 32.8 Å². The van der Waals surface area contributed by atoms with Crippen LogP contribution in [0.2, 0.25) is 0 Å². The van der Waals surface area contributed by atoms with E-state index in [4.69, 9.17) is 4.52 Å². The van der Waals surface area contributed by atoms with Gasteiger partial charge in [0, 0.05) is 24.2 Å². The molecule has 0 N–H and O–H groups in total. The second-order valence-electron chi connectivity index (χ2n) is 4.91. The number of para-hydroxylation sites is 1. The van der Waals surface area contributed by atoms with E-state index >= 15 is 0 Å². The van der Waals surface area contributed by atoms with E-state index in [2.05, 4.69) is 12.1 Å². The average molecular weight is 328 g/mol. The molecule has 7 heteroatoms. The van der Waals surface area contributed by atoms with Crippen LogP contribution in [0.25, 0.3) is 11.0 Å². The van der Waals surface area contributed by atoms with Crippen LogP contribution in [0, 0.1) is 0 Å². The van der Waals surface area contributed by atoms with Crippen LogP contribution < -0.4 is 0 Å². The first kappa shape index (κ1) is 16.3. The summed E-state index contributed by atoms with van der Waals surface area (Å²) in [7, 11) is -1.78. The summed E-state index contributed by atoms with van der Waals surface area (Å²) in [5.74, 6) is 1.62. The highest BCUT2D eigenvalue weighted by atomic mass is 32.2. The Balaban J connectivity index is 2.17. The molecule has 0 amide bonds. The molecule has 21 heavy (non-hydrogen) atoms. The lowest BCUT2D eigenvalue weighted by molar-refractivity contribution is 0.411. The summed E-state index contributed by atoms with van der Waals surface area (Å²) < 4.78 is 31.6. The van der Waals surface area contributed by atoms with E-state index in [1.165, 1.54) is 4.31 Å². The molecule has 0 saturated carbocycles. The van der Waals surface area contributed by atoms with Gasteiger partial charge in [-0.15, -0.1) is 0 Å². The number of hydrogen-bond acceptors (Lipinski definition) is 5. The van der Waals surface area contributed by atoms with Gasteiger partial charge in [0.05, 0.1) is 0 Å². The van der Waals surface area contributed by atoms with Gasteiger partial charge in [0.2, 0.25) is 10.0 Å². The van der Waals surface area contributed by atoms with E-state index in [-0.39, 0.29) is 11.8 Å². The maximum absolute atomic E-state index is 12.5. The van der Waals surface area contributed by atoms with Crippen molar-refractivity contribution in [2.75, 3.05) is 18.6 Å². The number of fused-ring (bicyclic) bond motifs is 1. The van der Waals surface area contributed by atoms with Gasteiger partial charge in [-0.2, -0.15) is 11.8 Å². The summed E-state index contributed by atoms with van der Waals surface area (Å²) in [5.41, 5.74) is 1.08. The van der Waals surface area contributed by atoms with Gasteiger partial charge in [-0.1, -0.05) is 24.2 Å². The molecule has 0 unspecified atom stereocenters. The van der Waals surface area contributed by atoms with Crippen LogP contribution >= 0.6 is 11.8 Å². The summed E-state index contributed by atoms with van der Waals surface area (Å²) in [6.07, 6.45) is 0. The van der Waals surface area contributed by atoms with Crippen LogP contribution in [0.4, 0.5) is 0 Å². The maximum Gasteiger partial charge on any atom is 0.220 e. The number of benzene rings is 1. The Bertz CT molecular complexity index is 697. The molecule has 5 nitrogen and oxygen atoms in total. The van der Waals surface area contributed by atoms with Crippen LogP contribution in [-0.2, 0) is 15.8 Å². The van der Waals surface area contributed by atoms with Gasteiger partial charge >= 0.3 is 0 Å². The van der Waals surface area contributed by atoms with Gasteiger partial charge in [-0.3, -0.25) is 0 Å². The number of hydrogen-bond donors (Lipinski definition) is 0. The molecule has 0 spiro atoms. The number of aromatic nitrogens is 1. The third kappa shape index (κ3) is 3.78. The molecule has 0 radical (unpaired) electrons. The first-order valence-electron chi connectivity index (χ1n) is 6.82. The Morgan fingerprint density at radius 3 is 2.81 bits per heavy atom. The van der Waals surface area contributed by atoms with Crippen LogP contribution in [0.15, 0.2) is 28.8 Å². The van der Waals surface area contributed by atoms with E-state index in [1.807, 2.05) is 25.1 Å². The van der Waals surface area contributed by atoms with Gasteiger partial charge in [0.25, 0.3) is 0 Å². The molecule has 0 bridgehead atoms. The number of nitrogens with zero attached hydrogens (tertiary/aromatic N) is 2. The highest BCUT2D eigenvalue weighted by Gasteiger charge is 2.25. The molecule has 2 aromatic rings. The minimum Gasteiger partial charge on any atom is -0.356 e. The Morgan fingerprint density at radius 2 is 2.10 bits per heavy atom. The van der Waals surface area contributed by atoms with Crippen molar-refractivity contribution in [1.82, 2.24) is 9.46 Å². The Labute approximate surface area is 129 Å². The molecule has 116 valence electrons. The summed E-state index contributed by atoms with van der Waals surface area (Å²) in [5, 5.41) is 4.65. The second kappa shape index (κ2) is 6.81. The summed E-state index contributed by atoms with van der Waals surface area (Å²) in [6.45, 7) is 3.98. The van der Waals surface area contributed by atoms with Crippen molar-refractivity contribution in [3.8, 4) is 0 Å². The topological polar surface area (TPSA) is 63.4 Å². The largest absolute Gasteiger partial charge is 0.356 e. The molecule has 1 aromatic carbocycles. The molecular weight excluding hydrogens is 308 g/mol. The molecule has 0 aliphatic carbocycles. The molecule has 2 rings (SSSR count). The lowest BCUT2D eigenvalue weighted by Gasteiger charge is -2.23. The van der Waals surface area contributed by atoms with Crippen molar-refractivity contribution in [2.45, 2.75) is 25.6 Å². The lowest BCUT2D eigenvalue weighted by Crippen LogP contribution is -2.37. The second-order valence-corrected chi connectivity index (χ2v) is 8.25. The summed E-state index contributed by atoms with van der Waals surface area (Å²) >= 11 is 1.73. The molecule has 1 heterocycles. The fourth-order valence-electron chi connectivity index (χ4n) is 1.98. The van der Waals surface area contributed by atoms with E-state index < -0.39 is 10.0 Å². The van der Waals surface area contributed by atoms with Gasteiger partial charge in [-0.25, -0.2) is 12.7 Å². The van der Waals surface area contributed by atoms with Gasteiger partial charge in [-0.05, 0) is 24.8 Å². The predicted molar refractivity (Wildman–Crippen MR) is 86.9 cm³/mol. The van der Waals surface area contributed by atoms with E-state index in [1.54, 1.807) is 24.9 Å². The highest BCUT2D eigenvalue weighted by Crippen LogP contribution is 2.21. The Kier molecular flexibility index (Phi) is 5.29. The maximum atomic E-state index is 12.5. The quantitative estimate of drug-likeness (QED) is 0.782. The van der Waals surface area contributed by atoms with Crippen molar-refractivity contribution in [3.05, 3.63) is 30.0 Å². The molecule has 0 aliphatic rings. The zero-order chi connectivity index (χ0) is 15.5. The fourth-order valence-corrected chi connectivity index (χ4v) is 4.26. The van der Waals surface area contributed by atoms with Gasteiger partial charge < -0.3 is 4.52 Å². The normalized spacial score (nSPS) is 13.9. The standard InChI is InChI=1S/C14H20N2O3S2/c1-4-20-9-11(2)16(3)21(17,18)10-13-12-7-5-6-8-14(12)19-15-13/h5-8,11H,4,9-10H2,1-3H3/t11-/m1/s1. The van der Waals surface area contributed by atoms with E-state index in [0.717, 1.165) is 16.9 Å². The number of sulfonamides is 1. The van der Waals surface area contributed by atoms with E-state index in [0.29, 0.717) is 11.3 Å². The summed E-state index contributed by atoms with van der Waals surface area (Å²) in [6, 6.07) is 7.25. The van der Waals surface area contributed by atoms with Gasteiger partial charge in [0.1, 0.15) is 11.4 Å². The zero-order valence-electron chi connectivity index (χ0n) is 12.4. The minimum absolute atomic E-state index is 0.0434. The van der Waals surface area contributed by atoms with Crippen molar-refractivity contribution < 1.29 is 12.9 Å². The molecule has 0 aliphatic heterocycles. The number of thioether (sulfide) groups is 1. The minimum atomic E-state index is -3.41. The predicted octanol–water partition coefficient (Wildman–Crippen LogP) is 2.73. The third-order valence-corrected chi connectivity index (χ3v) is 6.40. The first-order chi connectivity index (χ1) is 9.95. The van der Waals surface area contributed by atoms with E-state index in [9.17, 15) is 8.42 Å². The Morgan fingerprint density at radius 1 is 1.38 bits per heavy atom. The highest BCUT2D eigenvalue weighted by molar-refractivity contribution is 7.99. The van der Waals surface area contributed by atoms with Crippen LogP contribution in [-0.4, -0.2) is 42.5 Å². The average Bonchev–Trinajstić information content (AvgIpc) is 2.86. The molecular formula is C14H20N2O3S2. The summed E-state index contributed by atoms with van der Waals surface area (Å²) in [4.78, 5) is 0. The smallest absolute Gasteiger partial charge is 0.220 e. The van der Waals surface area contributed by atoms with Crippen LogP contribution in [0.5, 0.6) is 0 Å². The van der Waals surface area contributed by atoms with Crippen molar-refractivity contribution in [3.63, 3.8) is 0 Å². The van der Waals surface area contributed by atoms with Crippen molar-refractivity contribution in [1.29, 1.82) is 0 Å². The molecule has 0 saturated heterocycles. The van der Waals surface area contributed by atoms with Crippen LogP contribution in [0.1, 0.15) is 19.5 Å². The number of rotatable bonds is 7. The third-order valence-electron chi connectivity index (χ3n) is 3.39. The fraction of sp³-hybridized carbons (Fsp3) is 0.500. The molecule has 1 aromatic heterocycles. The monoisotopic (exact) mass is 328 g/mol. The molecule has 1 atom stereocenters. The Hall–Kier alpha value is -1.05. The lowest BCUT2D eigenvalue weighted by atomic mass is 10.2. The SMILES string of the molecule is CCSC[C@@H](C)N(C)S(=O)(=O)Cc1noc2ccccc12. The zero-order valence-corrected chi connectivity index (χ0v) is 14.1. The van der Waals surface area contributed by atoms with Gasteiger partial charge in [0.15, 0.2) is 5.58 Å².